The van der Waals surface area contributed by atoms with Gasteiger partial charge in [-0.3, -0.25) is 14.5 Å². The molecule has 1 N–H and O–H groups in total. The molecule has 3 rings (SSSR count). The van der Waals surface area contributed by atoms with Crippen LogP contribution in [0, 0.1) is 0 Å². The van der Waals surface area contributed by atoms with E-state index in [1.54, 1.807) is 0 Å². The number of nitrogens with zero attached hydrogens (tertiary/aromatic N) is 2. The maximum absolute atomic E-state index is 12.8. The maximum Gasteiger partial charge on any atom is 0.253 e. The fourth-order valence-electron chi connectivity index (χ4n) is 4.26. The number of likely N-dealkylation sites (tertiary alicyclic amines) is 1. The molecule has 5 nitrogen and oxygen atoms in total. The summed E-state index contributed by atoms with van der Waals surface area (Å²) in [7, 11) is 2.04. The number of amides is 2. The Labute approximate surface area is 163 Å². The molecule has 1 aromatic carbocycles. The Morgan fingerprint density at radius 3 is 2.41 bits per heavy atom. The molecule has 148 valence electrons. The first-order valence-electron chi connectivity index (χ1n) is 10.5. The van der Waals surface area contributed by atoms with Gasteiger partial charge in [0.05, 0.1) is 6.54 Å². The smallest absolute Gasteiger partial charge is 0.253 e. The van der Waals surface area contributed by atoms with E-state index in [0.717, 1.165) is 25.9 Å². The van der Waals surface area contributed by atoms with Crippen LogP contribution >= 0.6 is 0 Å². The van der Waals surface area contributed by atoms with E-state index < -0.39 is 0 Å². The van der Waals surface area contributed by atoms with Crippen LogP contribution in [0.25, 0.3) is 0 Å². The molecule has 1 aliphatic carbocycles. The van der Waals surface area contributed by atoms with Gasteiger partial charge in [0, 0.05) is 30.4 Å². The molecule has 27 heavy (non-hydrogen) atoms. The predicted octanol–water partition coefficient (Wildman–Crippen LogP) is 3.91. The van der Waals surface area contributed by atoms with Crippen molar-refractivity contribution in [2.75, 3.05) is 32.0 Å². The normalized spacial score (nSPS) is 19.0. The second-order valence-electron chi connectivity index (χ2n) is 8.04. The third-order valence-electron chi connectivity index (χ3n) is 5.88. The first kappa shape index (κ1) is 19.9. The Kier molecular flexibility index (Phi) is 7.27. The molecule has 0 atom stereocenters. The SMILES string of the molecule is CN(CC(=O)Nc1cccc(C(=O)N2CCCCCC2)c1)C1CCCCC1. The standard InChI is InChI=1S/C22H33N3O2/c1-24(20-12-5-4-6-13-20)17-21(26)23-19-11-9-10-18(16-19)22(27)25-14-7-2-3-8-15-25/h9-11,16,20H,2-8,12-15,17H2,1H3,(H,23,26). The van der Waals surface area contributed by atoms with E-state index >= 15 is 0 Å². The highest BCUT2D eigenvalue weighted by Gasteiger charge is 2.20. The van der Waals surface area contributed by atoms with Crippen molar-refractivity contribution in [1.29, 1.82) is 0 Å². The number of hydrogen-bond acceptors (Lipinski definition) is 3. The summed E-state index contributed by atoms with van der Waals surface area (Å²) >= 11 is 0. The molecule has 0 bridgehead atoms. The number of carbonyl (C=O) groups excluding carboxylic acids is 2. The molecule has 2 amide bonds. The van der Waals surface area contributed by atoms with Crippen molar-refractivity contribution in [1.82, 2.24) is 9.80 Å². The number of likely N-dealkylation sites (N-methyl/N-ethyl adjacent to an activating group) is 1. The Morgan fingerprint density at radius 1 is 1.04 bits per heavy atom. The van der Waals surface area contributed by atoms with E-state index in [1.807, 2.05) is 36.2 Å². The zero-order valence-electron chi connectivity index (χ0n) is 16.6. The number of nitrogens with one attached hydrogen (secondary N) is 1. The first-order valence-corrected chi connectivity index (χ1v) is 10.5. The largest absolute Gasteiger partial charge is 0.339 e. The van der Waals surface area contributed by atoms with Crippen LogP contribution in [0.4, 0.5) is 5.69 Å². The highest BCUT2D eigenvalue weighted by atomic mass is 16.2. The fraction of sp³-hybridized carbons (Fsp3) is 0.636. The average molecular weight is 372 g/mol. The Bertz CT molecular complexity index is 632. The van der Waals surface area contributed by atoms with Gasteiger partial charge in [-0.25, -0.2) is 0 Å². The minimum Gasteiger partial charge on any atom is -0.339 e. The number of carbonyl (C=O) groups is 2. The lowest BCUT2D eigenvalue weighted by molar-refractivity contribution is -0.117. The van der Waals surface area contributed by atoms with E-state index in [1.165, 1.54) is 44.9 Å². The van der Waals surface area contributed by atoms with Gasteiger partial charge < -0.3 is 10.2 Å². The second kappa shape index (κ2) is 9.88. The molecule has 0 unspecified atom stereocenters. The van der Waals surface area contributed by atoms with Gasteiger partial charge in [-0.1, -0.05) is 38.2 Å². The van der Waals surface area contributed by atoms with Gasteiger partial charge in [0.25, 0.3) is 5.91 Å². The van der Waals surface area contributed by atoms with E-state index in [4.69, 9.17) is 0 Å². The number of anilines is 1. The molecule has 2 fully saturated rings. The Morgan fingerprint density at radius 2 is 1.70 bits per heavy atom. The maximum atomic E-state index is 12.8. The molecule has 1 aromatic rings. The minimum atomic E-state index is -0.0116. The Balaban J connectivity index is 1.56. The number of rotatable bonds is 5. The monoisotopic (exact) mass is 371 g/mol. The lowest BCUT2D eigenvalue weighted by atomic mass is 9.94. The lowest BCUT2D eigenvalue weighted by Gasteiger charge is -2.30. The topological polar surface area (TPSA) is 52.7 Å². The molecule has 2 aliphatic rings. The van der Waals surface area contributed by atoms with Crippen molar-refractivity contribution in [3.05, 3.63) is 29.8 Å². The predicted molar refractivity (Wildman–Crippen MR) is 109 cm³/mol. The van der Waals surface area contributed by atoms with Crippen LogP contribution in [0.2, 0.25) is 0 Å². The summed E-state index contributed by atoms with van der Waals surface area (Å²) in [6.07, 6.45) is 10.8. The van der Waals surface area contributed by atoms with Crippen molar-refractivity contribution in [2.45, 2.75) is 63.8 Å². The van der Waals surface area contributed by atoms with Crippen molar-refractivity contribution >= 4 is 17.5 Å². The van der Waals surface area contributed by atoms with Crippen LogP contribution in [0.5, 0.6) is 0 Å². The zero-order chi connectivity index (χ0) is 19.1. The Hall–Kier alpha value is -1.88. The van der Waals surface area contributed by atoms with Crippen LogP contribution in [-0.4, -0.2) is 54.3 Å². The summed E-state index contributed by atoms with van der Waals surface area (Å²) in [4.78, 5) is 29.3. The van der Waals surface area contributed by atoms with Gasteiger partial charge in [0.2, 0.25) is 5.91 Å². The zero-order valence-corrected chi connectivity index (χ0v) is 16.6. The summed E-state index contributed by atoms with van der Waals surface area (Å²) < 4.78 is 0. The van der Waals surface area contributed by atoms with E-state index in [9.17, 15) is 9.59 Å². The second-order valence-corrected chi connectivity index (χ2v) is 8.04. The van der Waals surface area contributed by atoms with Crippen LogP contribution in [-0.2, 0) is 4.79 Å². The number of hydrogen-bond donors (Lipinski definition) is 1. The third kappa shape index (κ3) is 5.80. The molecule has 0 aromatic heterocycles. The summed E-state index contributed by atoms with van der Waals surface area (Å²) in [6.45, 7) is 2.07. The molecule has 5 heteroatoms. The lowest BCUT2D eigenvalue weighted by Crippen LogP contribution is -2.39. The number of benzene rings is 1. The summed E-state index contributed by atoms with van der Waals surface area (Å²) in [6, 6.07) is 7.88. The summed E-state index contributed by atoms with van der Waals surface area (Å²) in [5.41, 5.74) is 1.37. The van der Waals surface area contributed by atoms with Crippen molar-refractivity contribution < 1.29 is 9.59 Å². The van der Waals surface area contributed by atoms with E-state index in [0.29, 0.717) is 23.8 Å². The van der Waals surface area contributed by atoms with Gasteiger partial charge in [0.15, 0.2) is 0 Å². The van der Waals surface area contributed by atoms with Gasteiger partial charge in [-0.15, -0.1) is 0 Å². The van der Waals surface area contributed by atoms with Gasteiger partial charge in [0.1, 0.15) is 0 Å². The van der Waals surface area contributed by atoms with Crippen LogP contribution < -0.4 is 5.32 Å². The quantitative estimate of drug-likeness (QED) is 0.854. The molecule has 1 saturated carbocycles. The highest BCUT2D eigenvalue weighted by Crippen LogP contribution is 2.21. The summed E-state index contributed by atoms with van der Waals surface area (Å²) in [5.74, 6) is 0.0646. The van der Waals surface area contributed by atoms with Gasteiger partial charge in [-0.05, 0) is 50.9 Å². The molecule has 1 heterocycles. The van der Waals surface area contributed by atoms with Crippen molar-refractivity contribution in [2.24, 2.45) is 0 Å². The minimum absolute atomic E-state index is 0.0116. The highest BCUT2D eigenvalue weighted by molar-refractivity contribution is 5.97. The average Bonchev–Trinajstić information content (AvgIpc) is 2.97. The molecular formula is C22H33N3O2. The molecule has 0 spiro atoms. The molecule has 1 saturated heterocycles. The van der Waals surface area contributed by atoms with Crippen molar-refractivity contribution in [3.63, 3.8) is 0 Å². The van der Waals surface area contributed by atoms with E-state index in [-0.39, 0.29) is 11.8 Å². The molecule has 1 aliphatic heterocycles. The van der Waals surface area contributed by atoms with Crippen molar-refractivity contribution in [3.8, 4) is 0 Å². The summed E-state index contributed by atoms with van der Waals surface area (Å²) in [5, 5.41) is 2.97. The van der Waals surface area contributed by atoms with Crippen LogP contribution in [0.15, 0.2) is 24.3 Å². The first-order chi connectivity index (χ1) is 13.1. The fourth-order valence-corrected chi connectivity index (χ4v) is 4.26. The van der Waals surface area contributed by atoms with E-state index in [2.05, 4.69) is 10.2 Å². The molecule has 0 radical (unpaired) electrons. The van der Waals surface area contributed by atoms with Crippen LogP contribution in [0.1, 0.15) is 68.1 Å². The third-order valence-corrected chi connectivity index (χ3v) is 5.88. The van der Waals surface area contributed by atoms with Gasteiger partial charge in [-0.2, -0.15) is 0 Å². The molecular weight excluding hydrogens is 338 g/mol. The van der Waals surface area contributed by atoms with Crippen LogP contribution in [0.3, 0.4) is 0 Å². The van der Waals surface area contributed by atoms with Gasteiger partial charge >= 0.3 is 0 Å².